The lowest BCUT2D eigenvalue weighted by molar-refractivity contribution is -0.893. The van der Waals surface area contributed by atoms with E-state index in [0.29, 0.717) is 22.9 Å². The number of thioether (sulfide) groups is 1. The number of esters is 1. The first kappa shape index (κ1) is 17.7. The van der Waals surface area contributed by atoms with Crippen LogP contribution in [0.4, 0.5) is 0 Å². The Morgan fingerprint density at radius 2 is 2.00 bits per heavy atom. The van der Waals surface area contributed by atoms with E-state index < -0.39 is 11.7 Å². The second-order valence-electron chi connectivity index (χ2n) is 4.62. The fourth-order valence-electron chi connectivity index (χ4n) is 2.00. The minimum absolute atomic E-state index is 0.297. The SMILES string of the molecule is CCOC(=O)c1c(SCC[NH+](CC)CC)nc(=O)[nH]c1C. The van der Waals surface area contributed by atoms with Gasteiger partial charge < -0.3 is 14.6 Å². The minimum Gasteiger partial charge on any atom is -0.462 e. The monoisotopic (exact) mass is 314 g/mol. The van der Waals surface area contributed by atoms with Crippen molar-refractivity contribution < 1.29 is 14.4 Å². The van der Waals surface area contributed by atoms with Crippen molar-refractivity contribution in [3.63, 3.8) is 0 Å². The first-order valence-corrected chi connectivity index (χ1v) is 8.26. The van der Waals surface area contributed by atoms with Gasteiger partial charge in [-0.3, -0.25) is 0 Å². The van der Waals surface area contributed by atoms with Crippen LogP contribution in [0.2, 0.25) is 0 Å². The second-order valence-corrected chi connectivity index (χ2v) is 5.71. The normalized spacial score (nSPS) is 10.9. The van der Waals surface area contributed by atoms with E-state index in [1.165, 1.54) is 16.7 Å². The molecule has 0 aliphatic rings. The van der Waals surface area contributed by atoms with Crippen molar-refractivity contribution in [3.05, 3.63) is 21.7 Å². The lowest BCUT2D eigenvalue weighted by Gasteiger charge is -2.15. The maximum atomic E-state index is 12.0. The highest BCUT2D eigenvalue weighted by atomic mass is 32.2. The van der Waals surface area contributed by atoms with Crippen LogP contribution in [0.5, 0.6) is 0 Å². The van der Waals surface area contributed by atoms with E-state index in [1.807, 2.05) is 0 Å². The summed E-state index contributed by atoms with van der Waals surface area (Å²) in [7, 11) is 0. The maximum Gasteiger partial charge on any atom is 0.346 e. The molecule has 0 spiro atoms. The number of rotatable bonds is 8. The fourth-order valence-corrected chi connectivity index (χ4v) is 3.12. The number of quaternary nitrogens is 1. The molecule has 0 saturated heterocycles. The second kappa shape index (κ2) is 8.84. The Bertz CT molecular complexity index is 527. The molecule has 0 atom stereocenters. The molecule has 0 bridgehead atoms. The molecule has 6 nitrogen and oxygen atoms in total. The zero-order valence-corrected chi connectivity index (χ0v) is 13.9. The summed E-state index contributed by atoms with van der Waals surface area (Å²) in [5, 5.41) is 0.459. The largest absolute Gasteiger partial charge is 0.462 e. The Labute approximate surface area is 129 Å². The summed E-state index contributed by atoms with van der Waals surface area (Å²) in [6.45, 7) is 11.1. The Balaban J connectivity index is 2.89. The summed E-state index contributed by atoms with van der Waals surface area (Å²) in [4.78, 5) is 31.5. The first-order valence-electron chi connectivity index (χ1n) is 7.27. The van der Waals surface area contributed by atoms with Crippen molar-refractivity contribution in [2.75, 3.05) is 32.0 Å². The first-order chi connectivity index (χ1) is 10.0. The molecular formula is C14H24N3O3S+. The van der Waals surface area contributed by atoms with Gasteiger partial charge in [0.2, 0.25) is 0 Å². The van der Waals surface area contributed by atoms with Gasteiger partial charge in [0.1, 0.15) is 10.6 Å². The molecule has 0 aliphatic carbocycles. The Morgan fingerprint density at radius 3 is 2.57 bits per heavy atom. The minimum atomic E-state index is -0.434. The van der Waals surface area contributed by atoms with Gasteiger partial charge in [0.25, 0.3) is 0 Å². The highest BCUT2D eigenvalue weighted by molar-refractivity contribution is 7.99. The van der Waals surface area contributed by atoms with Crippen LogP contribution < -0.4 is 10.6 Å². The summed E-state index contributed by atoms with van der Waals surface area (Å²) in [5.41, 5.74) is 0.445. The van der Waals surface area contributed by atoms with E-state index in [1.54, 1.807) is 13.8 Å². The topological polar surface area (TPSA) is 76.5 Å². The van der Waals surface area contributed by atoms with E-state index in [0.717, 1.165) is 25.4 Å². The maximum absolute atomic E-state index is 12.0. The van der Waals surface area contributed by atoms with Crippen LogP contribution in [0.1, 0.15) is 36.8 Å². The number of hydrogen-bond donors (Lipinski definition) is 2. The summed E-state index contributed by atoms with van der Waals surface area (Å²) in [6.07, 6.45) is 0. The lowest BCUT2D eigenvalue weighted by Crippen LogP contribution is -3.11. The molecule has 21 heavy (non-hydrogen) atoms. The third-order valence-electron chi connectivity index (χ3n) is 3.26. The summed E-state index contributed by atoms with van der Waals surface area (Å²) in [5.74, 6) is 0.371. The highest BCUT2D eigenvalue weighted by Crippen LogP contribution is 2.21. The van der Waals surface area contributed by atoms with Gasteiger partial charge in [0.15, 0.2) is 0 Å². The average Bonchev–Trinajstić information content (AvgIpc) is 2.43. The number of hydrogen-bond acceptors (Lipinski definition) is 5. The van der Waals surface area contributed by atoms with Gasteiger partial charge in [-0.05, 0) is 27.7 Å². The molecule has 0 fully saturated rings. The van der Waals surface area contributed by atoms with Gasteiger partial charge in [-0.25, -0.2) is 9.59 Å². The molecule has 2 N–H and O–H groups in total. The van der Waals surface area contributed by atoms with E-state index in [2.05, 4.69) is 23.8 Å². The average molecular weight is 314 g/mol. The van der Waals surface area contributed by atoms with Gasteiger partial charge in [0.05, 0.1) is 26.2 Å². The van der Waals surface area contributed by atoms with E-state index >= 15 is 0 Å². The summed E-state index contributed by atoms with van der Waals surface area (Å²) in [6, 6.07) is 0. The van der Waals surface area contributed by atoms with Crippen molar-refractivity contribution in [3.8, 4) is 0 Å². The molecule has 1 aromatic rings. The van der Waals surface area contributed by atoms with Gasteiger partial charge in [0, 0.05) is 11.4 Å². The number of aromatic nitrogens is 2. The molecule has 0 aliphatic heterocycles. The third-order valence-corrected chi connectivity index (χ3v) is 4.24. The number of ether oxygens (including phenoxy) is 1. The molecular weight excluding hydrogens is 290 g/mol. The molecule has 0 radical (unpaired) electrons. The predicted molar refractivity (Wildman–Crippen MR) is 83.2 cm³/mol. The van der Waals surface area contributed by atoms with E-state index in [4.69, 9.17) is 4.74 Å². The lowest BCUT2D eigenvalue weighted by atomic mass is 10.2. The van der Waals surface area contributed by atoms with Gasteiger partial charge in [-0.2, -0.15) is 4.98 Å². The van der Waals surface area contributed by atoms with Crippen LogP contribution in [0.25, 0.3) is 0 Å². The Hall–Kier alpha value is -1.34. The summed E-state index contributed by atoms with van der Waals surface area (Å²) < 4.78 is 5.04. The van der Waals surface area contributed by atoms with Crippen molar-refractivity contribution in [2.45, 2.75) is 32.7 Å². The smallest absolute Gasteiger partial charge is 0.346 e. The van der Waals surface area contributed by atoms with Crippen molar-refractivity contribution in [1.82, 2.24) is 9.97 Å². The number of aromatic amines is 1. The number of carbonyl (C=O) groups excluding carboxylic acids is 1. The molecule has 118 valence electrons. The number of nitrogens with one attached hydrogen (secondary N) is 2. The fraction of sp³-hybridized carbons (Fsp3) is 0.643. The summed E-state index contributed by atoms with van der Waals surface area (Å²) >= 11 is 1.44. The number of nitrogens with zero attached hydrogens (tertiary/aromatic N) is 1. The van der Waals surface area contributed by atoms with E-state index in [-0.39, 0.29) is 0 Å². The highest BCUT2D eigenvalue weighted by Gasteiger charge is 2.19. The number of H-pyrrole nitrogens is 1. The van der Waals surface area contributed by atoms with Crippen LogP contribution in [0.3, 0.4) is 0 Å². The molecule has 1 rings (SSSR count). The predicted octanol–water partition coefficient (Wildman–Crippen LogP) is 0.272. The Kier molecular flexibility index (Phi) is 7.45. The molecule has 1 heterocycles. The number of carbonyl (C=O) groups is 1. The molecule has 1 aromatic heterocycles. The molecule has 0 aromatic carbocycles. The van der Waals surface area contributed by atoms with Crippen LogP contribution in [0, 0.1) is 6.92 Å². The number of aryl methyl sites for hydroxylation is 1. The van der Waals surface area contributed by atoms with E-state index in [9.17, 15) is 9.59 Å². The van der Waals surface area contributed by atoms with Gasteiger partial charge in [-0.1, -0.05) is 11.8 Å². The molecule has 7 heteroatoms. The Morgan fingerprint density at radius 1 is 1.33 bits per heavy atom. The van der Waals surface area contributed by atoms with Crippen molar-refractivity contribution >= 4 is 17.7 Å². The third kappa shape index (κ3) is 5.17. The van der Waals surface area contributed by atoms with Crippen molar-refractivity contribution in [1.29, 1.82) is 0 Å². The molecule has 0 amide bonds. The van der Waals surface area contributed by atoms with Crippen LogP contribution in [-0.4, -0.2) is 47.9 Å². The zero-order valence-electron chi connectivity index (χ0n) is 13.1. The molecule has 0 unspecified atom stereocenters. The van der Waals surface area contributed by atoms with Crippen LogP contribution in [0.15, 0.2) is 9.82 Å². The standard InChI is InChI=1S/C14H23N3O3S/c1-5-17(6-2)8-9-21-12-11(13(18)20-7-3)10(4)15-14(19)16-12/h5-9H2,1-4H3,(H,15,16,19)/p+1. The quantitative estimate of drug-likeness (QED) is 0.409. The van der Waals surface area contributed by atoms with Crippen LogP contribution >= 0.6 is 11.8 Å². The van der Waals surface area contributed by atoms with Gasteiger partial charge in [-0.15, -0.1) is 0 Å². The zero-order chi connectivity index (χ0) is 15.8. The van der Waals surface area contributed by atoms with Crippen molar-refractivity contribution in [2.24, 2.45) is 0 Å². The van der Waals surface area contributed by atoms with Gasteiger partial charge >= 0.3 is 11.7 Å². The van der Waals surface area contributed by atoms with Crippen LogP contribution in [-0.2, 0) is 4.74 Å². The molecule has 0 saturated carbocycles.